The molecule has 0 saturated heterocycles. The van der Waals surface area contributed by atoms with Crippen LogP contribution in [-0.4, -0.2) is 12.5 Å². The highest BCUT2D eigenvalue weighted by atomic mass is 19.1. The van der Waals surface area contributed by atoms with Crippen LogP contribution in [-0.2, 0) is 6.42 Å². The van der Waals surface area contributed by atoms with Crippen LogP contribution in [0, 0.1) is 5.82 Å². The zero-order valence-corrected chi connectivity index (χ0v) is 10.5. The summed E-state index contributed by atoms with van der Waals surface area (Å²) in [5, 5.41) is 0. The highest BCUT2D eigenvalue weighted by Crippen LogP contribution is 2.30. The fourth-order valence-corrected chi connectivity index (χ4v) is 2.54. The molecule has 0 aromatic heterocycles. The molecular weight excluding hydrogens is 241 g/mol. The Labute approximate surface area is 111 Å². The number of hydrogen-bond acceptors (Lipinski definition) is 1. The third-order valence-electron chi connectivity index (χ3n) is 3.43. The van der Waals surface area contributed by atoms with Crippen LogP contribution in [0.15, 0.2) is 48.5 Å². The number of carbonyl (C=O) groups is 1. The zero-order chi connectivity index (χ0) is 13.2. The lowest BCUT2D eigenvalue weighted by Crippen LogP contribution is -2.36. The van der Waals surface area contributed by atoms with Gasteiger partial charge in [-0.25, -0.2) is 4.39 Å². The molecule has 2 aromatic rings. The first kappa shape index (κ1) is 11.9. The van der Waals surface area contributed by atoms with E-state index >= 15 is 0 Å². The summed E-state index contributed by atoms with van der Waals surface area (Å²) >= 11 is 0. The number of carbonyl (C=O) groups excluding carboxylic acids is 1. The van der Waals surface area contributed by atoms with E-state index in [1.807, 2.05) is 24.3 Å². The van der Waals surface area contributed by atoms with Crippen molar-refractivity contribution in [3.8, 4) is 0 Å². The van der Waals surface area contributed by atoms with Gasteiger partial charge >= 0.3 is 0 Å². The fraction of sp³-hybridized carbons (Fsp3) is 0.188. The average molecular weight is 255 g/mol. The second-order valence-corrected chi connectivity index (χ2v) is 4.67. The first-order chi connectivity index (χ1) is 9.27. The predicted octanol–water partition coefficient (Wildman–Crippen LogP) is 3.42. The van der Waals surface area contributed by atoms with Crippen molar-refractivity contribution in [3.63, 3.8) is 0 Å². The maximum Gasteiger partial charge on any atom is 0.258 e. The molecule has 2 aromatic carbocycles. The Hall–Kier alpha value is -2.16. The summed E-state index contributed by atoms with van der Waals surface area (Å²) in [6, 6.07) is 14.0. The fourth-order valence-electron chi connectivity index (χ4n) is 2.54. The average Bonchev–Trinajstić information content (AvgIpc) is 2.47. The van der Waals surface area contributed by atoms with E-state index in [1.54, 1.807) is 23.1 Å². The molecule has 0 atom stereocenters. The van der Waals surface area contributed by atoms with Gasteiger partial charge in [0.05, 0.1) is 5.69 Å². The molecule has 1 heterocycles. The summed E-state index contributed by atoms with van der Waals surface area (Å²) in [6.07, 6.45) is 1.70. The molecule has 0 spiro atoms. The summed E-state index contributed by atoms with van der Waals surface area (Å²) in [6.45, 7) is 0.571. The van der Waals surface area contributed by atoms with E-state index in [0.29, 0.717) is 17.8 Å². The van der Waals surface area contributed by atoms with Crippen molar-refractivity contribution in [2.45, 2.75) is 12.8 Å². The van der Waals surface area contributed by atoms with Crippen LogP contribution in [0.25, 0.3) is 0 Å². The number of rotatable bonds is 1. The molecule has 0 bridgehead atoms. The van der Waals surface area contributed by atoms with E-state index in [2.05, 4.69) is 0 Å². The molecule has 96 valence electrons. The number of nitrogens with zero attached hydrogens (tertiary/aromatic N) is 1. The Bertz CT molecular complexity index is 609. The minimum absolute atomic E-state index is 0.133. The van der Waals surface area contributed by atoms with Gasteiger partial charge in [-0.1, -0.05) is 30.3 Å². The van der Waals surface area contributed by atoms with Gasteiger partial charge in [-0.2, -0.15) is 0 Å². The number of para-hydroxylation sites is 1. The molecule has 19 heavy (non-hydrogen) atoms. The number of fused-ring (bicyclic) bond motifs is 1. The molecule has 0 radical (unpaired) electrons. The molecule has 0 N–H and O–H groups in total. The van der Waals surface area contributed by atoms with Crippen LogP contribution in [0.1, 0.15) is 22.3 Å². The molecule has 0 saturated carbocycles. The number of amides is 1. The Balaban J connectivity index is 2.03. The maximum absolute atomic E-state index is 14.0. The van der Waals surface area contributed by atoms with E-state index in [4.69, 9.17) is 0 Å². The van der Waals surface area contributed by atoms with Gasteiger partial charge in [0.15, 0.2) is 0 Å². The molecule has 0 aliphatic carbocycles. The molecular formula is C16H14FNO. The Morgan fingerprint density at radius 1 is 1.05 bits per heavy atom. The number of halogens is 1. The molecule has 0 fully saturated rings. The molecule has 1 amide bonds. The van der Waals surface area contributed by atoms with E-state index in [-0.39, 0.29) is 11.7 Å². The van der Waals surface area contributed by atoms with Crippen molar-refractivity contribution in [2.75, 3.05) is 11.4 Å². The highest BCUT2D eigenvalue weighted by Gasteiger charge is 2.26. The molecule has 1 aliphatic rings. The first-order valence-corrected chi connectivity index (χ1v) is 6.41. The Kier molecular flexibility index (Phi) is 3.03. The predicted molar refractivity (Wildman–Crippen MR) is 72.8 cm³/mol. The van der Waals surface area contributed by atoms with Crippen LogP contribution in [0.3, 0.4) is 0 Å². The van der Waals surface area contributed by atoms with Crippen LogP contribution < -0.4 is 4.90 Å². The molecule has 0 unspecified atom stereocenters. The summed E-state index contributed by atoms with van der Waals surface area (Å²) in [5.74, 6) is -0.451. The zero-order valence-electron chi connectivity index (χ0n) is 10.5. The van der Waals surface area contributed by atoms with Gasteiger partial charge in [0, 0.05) is 12.1 Å². The van der Waals surface area contributed by atoms with Crippen molar-refractivity contribution in [2.24, 2.45) is 0 Å². The van der Waals surface area contributed by atoms with Gasteiger partial charge in [0.1, 0.15) is 5.82 Å². The first-order valence-electron chi connectivity index (χ1n) is 6.41. The van der Waals surface area contributed by atoms with Crippen molar-refractivity contribution in [3.05, 3.63) is 65.5 Å². The van der Waals surface area contributed by atoms with Gasteiger partial charge in [-0.15, -0.1) is 0 Å². The number of aryl methyl sites for hydroxylation is 1. The highest BCUT2D eigenvalue weighted by molar-refractivity contribution is 6.06. The minimum Gasteiger partial charge on any atom is -0.305 e. The minimum atomic E-state index is -0.318. The lowest BCUT2D eigenvalue weighted by molar-refractivity contribution is 0.0984. The van der Waals surface area contributed by atoms with Crippen molar-refractivity contribution in [1.29, 1.82) is 0 Å². The monoisotopic (exact) mass is 255 g/mol. The van der Waals surface area contributed by atoms with E-state index < -0.39 is 0 Å². The van der Waals surface area contributed by atoms with Gasteiger partial charge in [0.2, 0.25) is 0 Å². The SMILES string of the molecule is O=C(c1ccccc1)N1CCCc2cccc(F)c21. The molecule has 3 heteroatoms. The van der Waals surface area contributed by atoms with Crippen molar-refractivity contribution in [1.82, 2.24) is 0 Å². The summed E-state index contributed by atoms with van der Waals surface area (Å²) in [5.41, 5.74) is 1.96. The van der Waals surface area contributed by atoms with E-state index in [1.165, 1.54) is 6.07 Å². The summed E-state index contributed by atoms with van der Waals surface area (Å²) in [4.78, 5) is 14.0. The maximum atomic E-state index is 14.0. The lowest BCUT2D eigenvalue weighted by atomic mass is 10.0. The largest absolute Gasteiger partial charge is 0.305 e. The smallest absolute Gasteiger partial charge is 0.258 e. The van der Waals surface area contributed by atoms with Gasteiger partial charge in [-0.3, -0.25) is 4.79 Å². The molecule has 2 nitrogen and oxygen atoms in total. The van der Waals surface area contributed by atoms with Crippen LogP contribution in [0.5, 0.6) is 0 Å². The number of benzene rings is 2. The number of anilines is 1. The second-order valence-electron chi connectivity index (χ2n) is 4.67. The normalized spacial score (nSPS) is 14.1. The summed E-state index contributed by atoms with van der Waals surface area (Å²) in [7, 11) is 0. The van der Waals surface area contributed by atoms with Gasteiger partial charge in [0.25, 0.3) is 5.91 Å². The second kappa shape index (κ2) is 4.84. The number of hydrogen-bond donors (Lipinski definition) is 0. The molecule has 1 aliphatic heterocycles. The summed E-state index contributed by atoms with van der Waals surface area (Å²) < 4.78 is 14.0. The Morgan fingerprint density at radius 3 is 2.63 bits per heavy atom. The van der Waals surface area contributed by atoms with Crippen LogP contribution in [0.4, 0.5) is 10.1 Å². The van der Waals surface area contributed by atoms with Gasteiger partial charge in [-0.05, 0) is 36.6 Å². The van der Waals surface area contributed by atoms with Crippen LogP contribution >= 0.6 is 0 Å². The molecule has 3 rings (SSSR count). The van der Waals surface area contributed by atoms with E-state index in [0.717, 1.165) is 18.4 Å². The Morgan fingerprint density at radius 2 is 1.84 bits per heavy atom. The lowest BCUT2D eigenvalue weighted by Gasteiger charge is -2.29. The van der Waals surface area contributed by atoms with Gasteiger partial charge < -0.3 is 4.90 Å². The van der Waals surface area contributed by atoms with Crippen molar-refractivity contribution >= 4 is 11.6 Å². The third-order valence-corrected chi connectivity index (χ3v) is 3.43. The third kappa shape index (κ3) is 2.12. The van der Waals surface area contributed by atoms with E-state index in [9.17, 15) is 9.18 Å². The quantitative estimate of drug-likeness (QED) is 0.764. The van der Waals surface area contributed by atoms with Crippen molar-refractivity contribution < 1.29 is 9.18 Å². The van der Waals surface area contributed by atoms with Crippen LogP contribution in [0.2, 0.25) is 0 Å². The standard InChI is InChI=1S/C16H14FNO/c17-14-10-4-8-12-9-5-11-18(15(12)14)16(19)13-6-2-1-3-7-13/h1-4,6-8,10H,5,9,11H2. The topological polar surface area (TPSA) is 20.3 Å².